The quantitative estimate of drug-likeness (QED) is 0.810. The van der Waals surface area contributed by atoms with Gasteiger partial charge in [0.25, 0.3) is 0 Å². The molecule has 1 heterocycles. The van der Waals surface area contributed by atoms with E-state index in [1.54, 1.807) is 0 Å². The number of piperidine rings is 1. The monoisotopic (exact) mass is 222 g/mol. The Morgan fingerprint density at radius 2 is 1.88 bits per heavy atom. The summed E-state index contributed by atoms with van der Waals surface area (Å²) in [6.07, 6.45) is 3.40. The van der Waals surface area contributed by atoms with Crippen molar-refractivity contribution < 1.29 is 4.39 Å². The van der Waals surface area contributed by atoms with E-state index in [2.05, 4.69) is 10.6 Å². The van der Waals surface area contributed by atoms with E-state index in [1.165, 1.54) is 30.5 Å². The minimum Gasteiger partial charge on any atom is -0.317 e. The number of hydrogen-bond donors (Lipinski definition) is 2. The first kappa shape index (κ1) is 11.6. The molecule has 1 aliphatic heterocycles. The lowest BCUT2D eigenvalue weighted by Gasteiger charge is -2.23. The first-order chi connectivity index (χ1) is 7.84. The van der Waals surface area contributed by atoms with Crippen molar-refractivity contribution >= 4 is 0 Å². The van der Waals surface area contributed by atoms with Gasteiger partial charge in [-0.3, -0.25) is 0 Å². The Hall–Kier alpha value is -0.930. The van der Waals surface area contributed by atoms with Gasteiger partial charge in [0.05, 0.1) is 0 Å². The maximum absolute atomic E-state index is 12.7. The van der Waals surface area contributed by atoms with E-state index in [9.17, 15) is 4.39 Å². The summed E-state index contributed by atoms with van der Waals surface area (Å²) in [6, 6.07) is 7.43. The van der Waals surface area contributed by atoms with Crippen molar-refractivity contribution in [3.63, 3.8) is 0 Å². The fraction of sp³-hybridized carbons (Fsp3) is 0.538. The van der Waals surface area contributed by atoms with Crippen LogP contribution >= 0.6 is 0 Å². The van der Waals surface area contributed by atoms with Crippen LogP contribution in [0, 0.1) is 5.82 Å². The predicted molar refractivity (Wildman–Crippen MR) is 64.0 cm³/mol. The molecule has 0 atom stereocenters. The van der Waals surface area contributed by atoms with Gasteiger partial charge in [-0.25, -0.2) is 4.39 Å². The molecule has 1 fully saturated rings. The average Bonchev–Trinajstić information content (AvgIpc) is 2.33. The first-order valence-electron chi connectivity index (χ1n) is 6.03. The molecule has 0 aliphatic carbocycles. The van der Waals surface area contributed by atoms with Crippen LogP contribution in [0.25, 0.3) is 0 Å². The molecule has 2 N–H and O–H groups in total. The molecule has 2 nitrogen and oxygen atoms in total. The molecule has 0 radical (unpaired) electrons. The van der Waals surface area contributed by atoms with Gasteiger partial charge in [-0.2, -0.15) is 0 Å². The van der Waals surface area contributed by atoms with Crippen LogP contribution in [0.4, 0.5) is 4.39 Å². The molecule has 1 saturated heterocycles. The summed E-state index contributed by atoms with van der Waals surface area (Å²) in [5.74, 6) is -0.157. The molecule has 2 rings (SSSR count). The van der Waals surface area contributed by atoms with Crippen LogP contribution in [0.5, 0.6) is 0 Å². The molecule has 0 bridgehead atoms. The SMILES string of the molecule is Fc1ccc(CCNC2CCNCC2)cc1. The Labute approximate surface area is 96.2 Å². The van der Waals surface area contributed by atoms with Gasteiger partial charge in [-0.05, 0) is 56.6 Å². The Balaban J connectivity index is 1.69. The zero-order valence-electron chi connectivity index (χ0n) is 9.51. The summed E-state index contributed by atoms with van der Waals surface area (Å²) in [4.78, 5) is 0. The topological polar surface area (TPSA) is 24.1 Å². The number of nitrogens with one attached hydrogen (secondary N) is 2. The van der Waals surface area contributed by atoms with Crippen molar-refractivity contribution in [3.8, 4) is 0 Å². The first-order valence-corrected chi connectivity index (χ1v) is 6.03. The maximum atomic E-state index is 12.7. The second-order valence-corrected chi connectivity index (χ2v) is 4.35. The van der Waals surface area contributed by atoms with E-state index in [4.69, 9.17) is 0 Å². The van der Waals surface area contributed by atoms with Gasteiger partial charge in [0.1, 0.15) is 5.82 Å². The van der Waals surface area contributed by atoms with E-state index in [-0.39, 0.29) is 5.82 Å². The molecule has 0 unspecified atom stereocenters. The fourth-order valence-electron chi connectivity index (χ4n) is 2.10. The summed E-state index contributed by atoms with van der Waals surface area (Å²) in [7, 11) is 0. The normalized spacial score (nSPS) is 17.6. The van der Waals surface area contributed by atoms with Gasteiger partial charge in [-0.15, -0.1) is 0 Å². The average molecular weight is 222 g/mol. The van der Waals surface area contributed by atoms with Gasteiger partial charge >= 0.3 is 0 Å². The number of halogens is 1. The van der Waals surface area contributed by atoms with Crippen LogP contribution in [0.1, 0.15) is 18.4 Å². The number of benzene rings is 1. The number of rotatable bonds is 4. The van der Waals surface area contributed by atoms with Crippen LogP contribution in [0.2, 0.25) is 0 Å². The lowest BCUT2D eigenvalue weighted by Crippen LogP contribution is -2.40. The third-order valence-corrected chi connectivity index (χ3v) is 3.10. The van der Waals surface area contributed by atoms with Gasteiger partial charge in [0.15, 0.2) is 0 Å². The summed E-state index contributed by atoms with van der Waals surface area (Å²) in [5, 5.41) is 6.90. The number of hydrogen-bond acceptors (Lipinski definition) is 2. The predicted octanol–water partition coefficient (Wildman–Crippen LogP) is 1.71. The smallest absolute Gasteiger partial charge is 0.123 e. The minimum absolute atomic E-state index is 0.157. The van der Waals surface area contributed by atoms with Crippen LogP contribution < -0.4 is 10.6 Å². The highest BCUT2D eigenvalue weighted by Crippen LogP contribution is 2.05. The van der Waals surface area contributed by atoms with Crippen molar-refractivity contribution in [2.45, 2.75) is 25.3 Å². The van der Waals surface area contributed by atoms with Gasteiger partial charge in [-0.1, -0.05) is 12.1 Å². The van der Waals surface area contributed by atoms with E-state index in [0.717, 1.165) is 26.1 Å². The molecule has 88 valence electrons. The lowest BCUT2D eigenvalue weighted by atomic mass is 10.1. The largest absolute Gasteiger partial charge is 0.317 e. The summed E-state index contributed by atoms with van der Waals surface area (Å²) >= 11 is 0. The van der Waals surface area contributed by atoms with Crippen LogP contribution in [0.15, 0.2) is 24.3 Å². The molecule has 1 aromatic carbocycles. The summed E-state index contributed by atoms with van der Waals surface area (Å²) in [6.45, 7) is 3.22. The van der Waals surface area contributed by atoms with Crippen LogP contribution in [0.3, 0.4) is 0 Å². The zero-order chi connectivity index (χ0) is 11.2. The Morgan fingerprint density at radius 1 is 1.19 bits per heavy atom. The summed E-state index contributed by atoms with van der Waals surface area (Å²) < 4.78 is 12.7. The van der Waals surface area contributed by atoms with Crippen molar-refractivity contribution in [2.75, 3.05) is 19.6 Å². The maximum Gasteiger partial charge on any atom is 0.123 e. The molecule has 0 spiro atoms. The van der Waals surface area contributed by atoms with Gasteiger partial charge in [0, 0.05) is 6.04 Å². The van der Waals surface area contributed by atoms with E-state index >= 15 is 0 Å². The van der Waals surface area contributed by atoms with Gasteiger partial charge < -0.3 is 10.6 Å². The third kappa shape index (κ3) is 3.58. The molecule has 16 heavy (non-hydrogen) atoms. The molecule has 0 amide bonds. The zero-order valence-corrected chi connectivity index (χ0v) is 9.51. The Bertz CT molecular complexity index is 304. The van der Waals surface area contributed by atoms with Crippen molar-refractivity contribution in [2.24, 2.45) is 0 Å². The Morgan fingerprint density at radius 3 is 2.56 bits per heavy atom. The van der Waals surface area contributed by atoms with Crippen LogP contribution in [-0.2, 0) is 6.42 Å². The fourth-order valence-corrected chi connectivity index (χ4v) is 2.10. The standard InChI is InChI=1S/C13H19FN2/c14-12-3-1-11(2-4-12)5-10-16-13-6-8-15-9-7-13/h1-4,13,15-16H,5-10H2. The van der Waals surface area contributed by atoms with E-state index < -0.39 is 0 Å². The van der Waals surface area contributed by atoms with Crippen molar-refractivity contribution in [1.82, 2.24) is 10.6 Å². The molecule has 1 aliphatic rings. The molecule has 3 heteroatoms. The molecular formula is C13H19FN2. The summed E-state index contributed by atoms with van der Waals surface area (Å²) in [5.41, 5.74) is 1.20. The second-order valence-electron chi connectivity index (χ2n) is 4.35. The second kappa shape index (κ2) is 5.97. The van der Waals surface area contributed by atoms with Gasteiger partial charge in [0.2, 0.25) is 0 Å². The van der Waals surface area contributed by atoms with Crippen molar-refractivity contribution in [1.29, 1.82) is 0 Å². The van der Waals surface area contributed by atoms with Crippen molar-refractivity contribution in [3.05, 3.63) is 35.6 Å². The lowest BCUT2D eigenvalue weighted by molar-refractivity contribution is 0.389. The highest BCUT2D eigenvalue weighted by molar-refractivity contribution is 5.16. The third-order valence-electron chi connectivity index (χ3n) is 3.10. The van der Waals surface area contributed by atoms with E-state index in [1.807, 2.05) is 12.1 Å². The van der Waals surface area contributed by atoms with Crippen LogP contribution in [-0.4, -0.2) is 25.7 Å². The molecule has 1 aromatic rings. The Kier molecular flexibility index (Phi) is 4.31. The highest BCUT2D eigenvalue weighted by atomic mass is 19.1. The highest BCUT2D eigenvalue weighted by Gasteiger charge is 2.11. The molecular weight excluding hydrogens is 203 g/mol. The minimum atomic E-state index is -0.157. The molecule has 0 saturated carbocycles. The molecule has 0 aromatic heterocycles. The van der Waals surface area contributed by atoms with E-state index in [0.29, 0.717) is 6.04 Å².